The standard InChI is InChI=1S/C7H2BrClF2N2O2S/c8-4-1-3(2-12)5(6(10)11)13-7(4)16(9,14)15/h1,6H. The van der Waals surface area contributed by atoms with Gasteiger partial charge in [-0.05, 0) is 22.0 Å². The summed E-state index contributed by atoms with van der Waals surface area (Å²) in [6, 6.07) is 2.42. The lowest BCUT2D eigenvalue weighted by molar-refractivity contribution is 0.145. The van der Waals surface area contributed by atoms with Crippen LogP contribution >= 0.6 is 26.6 Å². The summed E-state index contributed by atoms with van der Waals surface area (Å²) in [5.74, 6) is 0. The highest BCUT2D eigenvalue weighted by molar-refractivity contribution is 9.10. The van der Waals surface area contributed by atoms with Gasteiger partial charge >= 0.3 is 0 Å². The van der Waals surface area contributed by atoms with E-state index < -0.39 is 31.8 Å². The molecule has 0 saturated carbocycles. The molecule has 0 atom stereocenters. The lowest BCUT2D eigenvalue weighted by Crippen LogP contribution is -2.03. The zero-order chi connectivity index (χ0) is 12.5. The predicted molar refractivity (Wildman–Crippen MR) is 54.6 cm³/mol. The molecule has 4 nitrogen and oxygen atoms in total. The van der Waals surface area contributed by atoms with Gasteiger partial charge in [0.2, 0.25) is 0 Å². The van der Waals surface area contributed by atoms with E-state index in [1.807, 2.05) is 0 Å². The number of nitrogens with zero attached hydrogens (tertiary/aromatic N) is 2. The van der Waals surface area contributed by atoms with E-state index in [1.54, 1.807) is 0 Å². The van der Waals surface area contributed by atoms with Crippen LogP contribution in [0.4, 0.5) is 8.78 Å². The van der Waals surface area contributed by atoms with Gasteiger partial charge in [-0.2, -0.15) is 5.26 Å². The van der Waals surface area contributed by atoms with E-state index in [-0.39, 0.29) is 4.47 Å². The maximum atomic E-state index is 12.4. The first kappa shape index (κ1) is 13.3. The zero-order valence-electron chi connectivity index (χ0n) is 7.29. The molecular formula is C7H2BrClF2N2O2S. The Morgan fingerprint density at radius 2 is 2.12 bits per heavy atom. The summed E-state index contributed by atoms with van der Waals surface area (Å²) in [5, 5.41) is 7.83. The Balaban J connectivity index is 3.60. The van der Waals surface area contributed by atoms with Crippen molar-refractivity contribution >= 4 is 35.7 Å². The summed E-state index contributed by atoms with van der Waals surface area (Å²) < 4.78 is 46.7. The van der Waals surface area contributed by atoms with Crippen LogP contribution in [-0.2, 0) is 9.05 Å². The minimum atomic E-state index is -4.24. The normalized spacial score (nSPS) is 11.5. The summed E-state index contributed by atoms with van der Waals surface area (Å²) in [6.07, 6.45) is -3.06. The molecule has 0 aliphatic heterocycles. The van der Waals surface area contributed by atoms with Crippen molar-refractivity contribution in [3.05, 3.63) is 21.8 Å². The van der Waals surface area contributed by atoms with E-state index in [1.165, 1.54) is 6.07 Å². The van der Waals surface area contributed by atoms with Gasteiger partial charge in [-0.15, -0.1) is 0 Å². The molecule has 0 N–H and O–H groups in total. The lowest BCUT2D eigenvalue weighted by atomic mass is 10.2. The van der Waals surface area contributed by atoms with Gasteiger partial charge in [0.25, 0.3) is 15.5 Å². The van der Waals surface area contributed by atoms with Gasteiger partial charge < -0.3 is 0 Å². The van der Waals surface area contributed by atoms with Crippen molar-refractivity contribution in [3.63, 3.8) is 0 Å². The molecule has 86 valence electrons. The van der Waals surface area contributed by atoms with Gasteiger partial charge in [-0.1, -0.05) is 0 Å². The largest absolute Gasteiger partial charge is 0.281 e. The average Bonchev–Trinajstić information content (AvgIpc) is 2.14. The number of alkyl halides is 2. The number of hydrogen-bond donors (Lipinski definition) is 0. The summed E-state index contributed by atoms with van der Waals surface area (Å²) in [7, 11) is 0.745. The second-order valence-corrected chi connectivity index (χ2v) is 5.89. The van der Waals surface area contributed by atoms with E-state index in [2.05, 4.69) is 20.9 Å². The summed E-state index contributed by atoms with van der Waals surface area (Å²) in [5.41, 5.74) is -1.32. The van der Waals surface area contributed by atoms with Crippen LogP contribution in [0.25, 0.3) is 0 Å². The molecule has 0 bridgehead atoms. The first-order valence-electron chi connectivity index (χ1n) is 3.60. The molecule has 0 spiro atoms. The smallest absolute Gasteiger partial charge is 0.232 e. The van der Waals surface area contributed by atoms with E-state index in [0.717, 1.165) is 6.07 Å². The maximum Gasteiger partial charge on any atom is 0.281 e. The fraction of sp³-hybridized carbons (Fsp3) is 0.143. The van der Waals surface area contributed by atoms with Gasteiger partial charge in [-0.3, -0.25) is 0 Å². The molecule has 0 radical (unpaired) electrons. The Hall–Kier alpha value is -0.780. The second kappa shape index (κ2) is 4.61. The molecule has 1 rings (SSSR count). The lowest BCUT2D eigenvalue weighted by Gasteiger charge is -2.05. The zero-order valence-corrected chi connectivity index (χ0v) is 10.4. The van der Waals surface area contributed by atoms with Crippen LogP contribution in [0.2, 0.25) is 0 Å². The van der Waals surface area contributed by atoms with Crippen LogP contribution in [-0.4, -0.2) is 13.4 Å². The predicted octanol–water partition coefficient (Wildman–Crippen LogP) is 2.58. The third kappa shape index (κ3) is 2.66. The Bertz CT molecular complexity index is 570. The van der Waals surface area contributed by atoms with Crippen LogP contribution in [0.3, 0.4) is 0 Å². The molecule has 16 heavy (non-hydrogen) atoms. The fourth-order valence-corrected chi connectivity index (χ4v) is 3.00. The number of nitriles is 1. The van der Waals surface area contributed by atoms with Crippen molar-refractivity contribution in [1.29, 1.82) is 5.26 Å². The van der Waals surface area contributed by atoms with Gasteiger partial charge in [0.05, 0.1) is 10.0 Å². The molecular weight excluding hydrogens is 330 g/mol. The van der Waals surface area contributed by atoms with Crippen molar-refractivity contribution in [2.45, 2.75) is 11.5 Å². The molecule has 1 aromatic heterocycles. The number of rotatable bonds is 2. The summed E-state index contributed by atoms with van der Waals surface area (Å²) >= 11 is 2.78. The molecule has 0 unspecified atom stereocenters. The minimum Gasteiger partial charge on any atom is -0.232 e. The highest BCUT2D eigenvalue weighted by atomic mass is 79.9. The molecule has 0 aliphatic carbocycles. The summed E-state index contributed by atoms with van der Waals surface area (Å²) in [4.78, 5) is 3.17. The number of aromatic nitrogens is 1. The van der Waals surface area contributed by atoms with Crippen LogP contribution in [0.15, 0.2) is 15.6 Å². The Labute approximate surface area is 102 Å². The Morgan fingerprint density at radius 1 is 1.56 bits per heavy atom. The van der Waals surface area contributed by atoms with Crippen LogP contribution in [0, 0.1) is 11.3 Å². The number of halogens is 4. The highest BCUT2D eigenvalue weighted by Gasteiger charge is 2.23. The topological polar surface area (TPSA) is 70.8 Å². The van der Waals surface area contributed by atoms with Crippen molar-refractivity contribution in [1.82, 2.24) is 4.98 Å². The molecule has 1 heterocycles. The minimum absolute atomic E-state index is 0.136. The van der Waals surface area contributed by atoms with Crippen LogP contribution < -0.4 is 0 Å². The van der Waals surface area contributed by atoms with Crippen molar-refractivity contribution in [2.24, 2.45) is 0 Å². The molecule has 0 amide bonds. The van der Waals surface area contributed by atoms with E-state index in [9.17, 15) is 17.2 Å². The molecule has 1 aromatic rings. The first-order chi connectivity index (χ1) is 7.27. The van der Waals surface area contributed by atoms with Crippen LogP contribution in [0.5, 0.6) is 0 Å². The van der Waals surface area contributed by atoms with E-state index in [0.29, 0.717) is 0 Å². The van der Waals surface area contributed by atoms with E-state index >= 15 is 0 Å². The summed E-state index contributed by atoms with van der Waals surface area (Å²) in [6.45, 7) is 0. The highest BCUT2D eigenvalue weighted by Crippen LogP contribution is 2.29. The molecule has 0 aliphatic rings. The molecule has 9 heteroatoms. The van der Waals surface area contributed by atoms with Gasteiger partial charge in [0.15, 0.2) is 5.03 Å². The third-order valence-corrected chi connectivity index (χ3v) is 3.61. The van der Waals surface area contributed by atoms with E-state index in [4.69, 9.17) is 15.9 Å². The van der Waals surface area contributed by atoms with Crippen molar-refractivity contribution in [3.8, 4) is 6.07 Å². The molecule has 0 fully saturated rings. The Morgan fingerprint density at radius 3 is 2.50 bits per heavy atom. The third-order valence-electron chi connectivity index (χ3n) is 1.53. The number of pyridine rings is 1. The molecule has 0 aromatic carbocycles. The average molecular weight is 332 g/mol. The van der Waals surface area contributed by atoms with Gasteiger partial charge in [-0.25, -0.2) is 22.2 Å². The quantitative estimate of drug-likeness (QED) is 0.781. The van der Waals surface area contributed by atoms with Gasteiger partial charge in [0, 0.05) is 10.7 Å². The van der Waals surface area contributed by atoms with Gasteiger partial charge in [0.1, 0.15) is 11.8 Å². The number of hydrogen-bond acceptors (Lipinski definition) is 4. The van der Waals surface area contributed by atoms with Crippen molar-refractivity contribution < 1.29 is 17.2 Å². The second-order valence-electron chi connectivity index (χ2n) is 2.56. The Kier molecular flexibility index (Phi) is 3.83. The monoisotopic (exact) mass is 330 g/mol. The molecule has 0 saturated heterocycles. The maximum absolute atomic E-state index is 12.4. The SMILES string of the molecule is N#Cc1cc(Br)c(S(=O)(=O)Cl)nc1C(F)F. The van der Waals surface area contributed by atoms with Crippen molar-refractivity contribution in [2.75, 3.05) is 0 Å². The van der Waals surface area contributed by atoms with Crippen LogP contribution in [0.1, 0.15) is 17.7 Å². The fourth-order valence-electron chi connectivity index (χ4n) is 0.912. The first-order valence-corrected chi connectivity index (χ1v) is 6.71.